The van der Waals surface area contributed by atoms with Gasteiger partial charge in [0.25, 0.3) is 0 Å². The Morgan fingerprint density at radius 2 is 2.46 bits per heavy atom. The fraction of sp³-hybridized carbons (Fsp3) is 0.667. The maximum atomic E-state index is 11.0. The predicted octanol–water partition coefficient (Wildman–Crippen LogP) is 0.672. The number of hydrogen-bond acceptors (Lipinski definition) is 2. The van der Waals surface area contributed by atoms with Gasteiger partial charge in [-0.05, 0) is 23.8 Å². The molecule has 1 fully saturated rings. The van der Waals surface area contributed by atoms with Gasteiger partial charge in [-0.25, -0.2) is 4.79 Å². The molecule has 0 saturated carbocycles. The summed E-state index contributed by atoms with van der Waals surface area (Å²) >= 11 is 1.95. The minimum Gasteiger partial charge on any atom is -0.338 e. The van der Waals surface area contributed by atoms with Crippen LogP contribution in [0.15, 0.2) is 0 Å². The molecule has 1 rings (SSSR count). The Morgan fingerprint density at radius 3 is 3.08 bits per heavy atom. The van der Waals surface area contributed by atoms with E-state index in [0.717, 1.165) is 12.3 Å². The number of carbonyl (C=O) groups excluding carboxylic acids is 1. The van der Waals surface area contributed by atoms with Crippen molar-refractivity contribution in [2.24, 2.45) is 5.92 Å². The van der Waals surface area contributed by atoms with Crippen LogP contribution >= 0.6 is 11.8 Å². The molecule has 0 aromatic rings. The van der Waals surface area contributed by atoms with Crippen LogP contribution in [-0.4, -0.2) is 30.6 Å². The Kier molecular flexibility index (Phi) is 4.55. The molecule has 1 aliphatic heterocycles. The van der Waals surface area contributed by atoms with Gasteiger partial charge in [-0.3, -0.25) is 0 Å². The Bertz CT molecular complexity index is 206. The SMILES string of the molecule is C#CCNC(=O)NCC1CCSC1. The van der Waals surface area contributed by atoms with E-state index >= 15 is 0 Å². The number of hydrogen-bond donors (Lipinski definition) is 2. The van der Waals surface area contributed by atoms with Gasteiger partial charge < -0.3 is 10.6 Å². The molecule has 72 valence electrons. The van der Waals surface area contributed by atoms with Crippen molar-refractivity contribution in [1.82, 2.24) is 10.6 Å². The maximum absolute atomic E-state index is 11.0. The van der Waals surface area contributed by atoms with E-state index in [2.05, 4.69) is 16.6 Å². The van der Waals surface area contributed by atoms with E-state index in [0.29, 0.717) is 12.5 Å². The third-order valence-electron chi connectivity index (χ3n) is 1.93. The van der Waals surface area contributed by atoms with E-state index in [-0.39, 0.29) is 6.03 Å². The molecule has 1 heterocycles. The van der Waals surface area contributed by atoms with Crippen LogP contribution < -0.4 is 10.6 Å². The lowest BCUT2D eigenvalue weighted by Gasteiger charge is -2.09. The first-order valence-corrected chi connectivity index (χ1v) is 5.51. The highest BCUT2D eigenvalue weighted by molar-refractivity contribution is 7.99. The van der Waals surface area contributed by atoms with Crippen LogP contribution in [-0.2, 0) is 0 Å². The second-order valence-electron chi connectivity index (χ2n) is 3.00. The fourth-order valence-corrected chi connectivity index (χ4v) is 2.46. The Labute approximate surface area is 83.0 Å². The zero-order valence-electron chi connectivity index (χ0n) is 7.51. The van der Waals surface area contributed by atoms with Crippen LogP contribution in [0.25, 0.3) is 0 Å². The lowest BCUT2D eigenvalue weighted by Crippen LogP contribution is -2.38. The molecule has 0 aromatic carbocycles. The molecular weight excluding hydrogens is 184 g/mol. The first kappa shape index (κ1) is 10.3. The van der Waals surface area contributed by atoms with Crippen LogP contribution in [0, 0.1) is 18.3 Å². The third-order valence-corrected chi connectivity index (χ3v) is 3.16. The predicted molar refractivity (Wildman–Crippen MR) is 55.7 cm³/mol. The minimum absolute atomic E-state index is 0.158. The number of urea groups is 1. The highest BCUT2D eigenvalue weighted by atomic mass is 32.2. The first-order valence-electron chi connectivity index (χ1n) is 4.36. The second-order valence-corrected chi connectivity index (χ2v) is 4.15. The van der Waals surface area contributed by atoms with Gasteiger partial charge >= 0.3 is 6.03 Å². The van der Waals surface area contributed by atoms with E-state index in [1.165, 1.54) is 12.2 Å². The van der Waals surface area contributed by atoms with E-state index in [1.807, 2.05) is 11.8 Å². The normalized spacial score (nSPS) is 20.7. The molecule has 2 N–H and O–H groups in total. The van der Waals surface area contributed by atoms with Crippen molar-refractivity contribution in [2.75, 3.05) is 24.6 Å². The van der Waals surface area contributed by atoms with Crippen molar-refractivity contribution in [2.45, 2.75) is 6.42 Å². The van der Waals surface area contributed by atoms with Gasteiger partial charge in [0.15, 0.2) is 0 Å². The molecule has 0 aliphatic carbocycles. The molecule has 0 radical (unpaired) electrons. The van der Waals surface area contributed by atoms with Crippen LogP contribution in [0.1, 0.15) is 6.42 Å². The molecule has 1 unspecified atom stereocenters. The summed E-state index contributed by atoms with van der Waals surface area (Å²) in [5.74, 6) is 5.37. The lowest BCUT2D eigenvalue weighted by molar-refractivity contribution is 0.240. The van der Waals surface area contributed by atoms with Crippen molar-refractivity contribution in [3.05, 3.63) is 0 Å². The standard InChI is InChI=1S/C9H14N2OS/c1-2-4-10-9(12)11-6-8-3-5-13-7-8/h1,8H,3-7H2,(H2,10,11,12). The van der Waals surface area contributed by atoms with Crippen molar-refractivity contribution in [3.63, 3.8) is 0 Å². The van der Waals surface area contributed by atoms with Crippen molar-refractivity contribution >= 4 is 17.8 Å². The van der Waals surface area contributed by atoms with Gasteiger partial charge in [0.05, 0.1) is 6.54 Å². The summed E-state index contributed by atoms with van der Waals surface area (Å²) in [6.45, 7) is 1.06. The van der Waals surface area contributed by atoms with Gasteiger partial charge in [0.1, 0.15) is 0 Å². The maximum Gasteiger partial charge on any atom is 0.315 e. The molecule has 0 aromatic heterocycles. The zero-order chi connectivity index (χ0) is 9.52. The van der Waals surface area contributed by atoms with Crippen molar-refractivity contribution < 1.29 is 4.79 Å². The van der Waals surface area contributed by atoms with Crippen molar-refractivity contribution in [1.29, 1.82) is 0 Å². The topological polar surface area (TPSA) is 41.1 Å². The Balaban J connectivity index is 2.04. The number of amides is 2. The van der Waals surface area contributed by atoms with E-state index < -0.39 is 0 Å². The average molecular weight is 198 g/mol. The summed E-state index contributed by atoms with van der Waals surface area (Å²) in [6, 6.07) is -0.158. The van der Waals surface area contributed by atoms with Gasteiger partial charge in [-0.2, -0.15) is 11.8 Å². The second kappa shape index (κ2) is 5.76. The number of rotatable bonds is 3. The number of carbonyl (C=O) groups is 1. The van der Waals surface area contributed by atoms with E-state index in [9.17, 15) is 4.79 Å². The molecule has 3 nitrogen and oxygen atoms in total. The van der Waals surface area contributed by atoms with E-state index in [4.69, 9.17) is 6.42 Å². The number of thioether (sulfide) groups is 1. The van der Waals surface area contributed by atoms with Crippen LogP contribution in [0.3, 0.4) is 0 Å². The summed E-state index contributed by atoms with van der Waals surface area (Å²) in [7, 11) is 0. The monoisotopic (exact) mass is 198 g/mol. The quantitative estimate of drug-likeness (QED) is 0.654. The van der Waals surface area contributed by atoms with Crippen LogP contribution in [0.5, 0.6) is 0 Å². The smallest absolute Gasteiger partial charge is 0.315 e. The first-order chi connectivity index (χ1) is 6.33. The summed E-state index contributed by atoms with van der Waals surface area (Å²) in [5.41, 5.74) is 0. The molecule has 1 saturated heterocycles. The summed E-state index contributed by atoms with van der Waals surface area (Å²) in [5, 5.41) is 5.36. The van der Waals surface area contributed by atoms with E-state index in [1.54, 1.807) is 0 Å². The number of nitrogens with one attached hydrogen (secondary N) is 2. The summed E-state index contributed by atoms with van der Waals surface area (Å²) in [6.07, 6.45) is 6.21. The van der Waals surface area contributed by atoms with Crippen molar-refractivity contribution in [3.8, 4) is 12.3 Å². The Morgan fingerprint density at radius 1 is 1.62 bits per heavy atom. The van der Waals surface area contributed by atoms with Gasteiger partial charge in [0, 0.05) is 6.54 Å². The van der Waals surface area contributed by atoms with Gasteiger partial charge in [-0.15, -0.1) is 6.42 Å². The zero-order valence-corrected chi connectivity index (χ0v) is 8.32. The number of terminal acetylenes is 1. The fourth-order valence-electron chi connectivity index (χ4n) is 1.18. The molecule has 13 heavy (non-hydrogen) atoms. The Hall–Kier alpha value is -0.820. The molecule has 4 heteroatoms. The summed E-state index contributed by atoms with van der Waals surface area (Å²) in [4.78, 5) is 11.0. The molecule has 0 spiro atoms. The summed E-state index contributed by atoms with van der Waals surface area (Å²) < 4.78 is 0. The molecule has 2 amide bonds. The molecular formula is C9H14N2OS. The third kappa shape index (κ3) is 4.09. The average Bonchev–Trinajstić information content (AvgIpc) is 2.64. The lowest BCUT2D eigenvalue weighted by atomic mass is 10.1. The van der Waals surface area contributed by atoms with Crippen LogP contribution in [0.2, 0.25) is 0 Å². The molecule has 1 atom stereocenters. The highest BCUT2D eigenvalue weighted by Gasteiger charge is 2.15. The largest absolute Gasteiger partial charge is 0.338 e. The minimum atomic E-state index is -0.158. The van der Waals surface area contributed by atoms with Gasteiger partial charge in [0.2, 0.25) is 0 Å². The highest BCUT2D eigenvalue weighted by Crippen LogP contribution is 2.22. The molecule has 0 bridgehead atoms. The van der Waals surface area contributed by atoms with Gasteiger partial charge in [-0.1, -0.05) is 5.92 Å². The van der Waals surface area contributed by atoms with Crippen LogP contribution in [0.4, 0.5) is 4.79 Å². The molecule has 1 aliphatic rings.